The highest BCUT2D eigenvalue weighted by atomic mass is 32.1. The number of aryl methyl sites for hydroxylation is 1. The first-order chi connectivity index (χ1) is 13.4. The lowest BCUT2D eigenvalue weighted by Crippen LogP contribution is -2.49. The Morgan fingerprint density at radius 2 is 1.86 bits per heavy atom. The van der Waals surface area contributed by atoms with Crippen LogP contribution in [-0.4, -0.2) is 60.8 Å². The fourth-order valence-corrected chi connectivity index (χ4v) is 4.07. The summed E-state index contributed by atoms with van der Waals surface area (Å²) in [5.41, 5.74) is 1.47. The number of morpholine rings is 1. The summed E-state index contributed by atoms with van der Waals surface area (Å²) in [6, 6.07) is 7.45. The first-order valence-electron chi connectivity index (χ1n) is 9.09. The average molecular weight is 404 g/mol. The lowest BCUT2D eigenvalue weighted by atomic mass is 10.2. The highest BCUT2D eigenvalue weighted by molar-refractivity contribution is 7.17. The number of aromatic nitrogens is 1. The van der Waals surface area contributed by atoms with Crippen LogP contribution in [0.1, 0.15) is 29.2 Å². The molecule has 0 saturated carbocycles. The molecular formula is C20H24N2O5S. The molecule has 1 aromatic carbocycles. The van der Waals surface area contributed by atoms with Crippen molar-refractivity contribution >= 4 is 23.2 Å². The van der Waals surface area contributed by atoms with Crippen LogP contribution in [0.5, 0.6) is 5.75 Å². The molecule has 2 aromatic rings. The van der Waals surface area contributed by atoms with E-state index >= 15 is 0 Å². The van der Waals surface area contributed by atoms with Gasteiger partial charge in [-0.25, -0.2) is 9.78 Å². The molecule has 7 nitrogen and oxygen atoms in total. The summed E-state index contributed by atoms with van der Waals surface area (Å²) < 4.78 is 16.0. The van der Waals surface area contributed by atoms with E-state index in [0.717, 1.165) is 11.3 Å². The SMILES string of the molecule is COc1ccc(-c2nc(C)c(C(=O)OCC(=O)N3C[C@@H](C)O[C@@H](C)C3)s2)cc1. The molecule has 1 aromatic heterocycles. The maximum absolute atomic E-state index is 12.5. The number of amides is 1. The maximum atomic E-state index is 12.5. The van der Waals surface area contributed by atoms with Gasteiger partial charge in [0.2, 0.25) is 0 Å². The molecule has 0 bridgehead atoms. The number of carbonyl (C=O) groups excluding carboxylic acids is 2. The van der Waals surface area contributed by atoms with Gasteiger partial charge in [0.25, 0.3) is 5.91 Å². The average Bonchev–Trinajstić information content (AvgIpc) is 3.07. The summed E-state index contributed by atoms with van der Waals surface area (Å²) in [7, 11) is 1.61. The van der Waals surface area contributed by atoms with Crippen LogP contribution < -0.4 is 4.74 Å². The third-order valence-electron chi connectivity index (χ3n) is 4.42. The van der Waals surface area contributed by atoms with Gasteiger partial charge in [0.1, 0.15) is 15.6 Å². The quantitative estimate of drug-likeness (QED) is 0.713. The van der Waals surface area contributed by atoms with Crippen LogP contribution in [-0.2, 0) is 14.3 Å². The third-order valence-corrected chi connectivity index (χ3v) is 5.60. The minimum atomic E-state index is -0.530. The predicted molar refractivity (Wildman–Crippen MR) is 106 cm³/mol. The van der Waals surface area contributed by atoms with Gasteiger partial charge in [-0.15, -0.1) is 11.3 Å². The lowest BCUT2D eigenvalue weighted by molar-refractivity contribution is -0.146. The van der Waals surface area contributed by atoms with E-state index in [1.165, 1.54) is 11.3 Å². The molecule has 2 heterocycles. The number of hydrogen-bond donors (Lipinski definition) is 0. The molecule has 0 radical (unpaired) electrons. The molecule has 1 amide bonds. The summed E-state index contributed by atoms with van der Waals surface area (Å²) in [6.07, 6.45) is -0.0570. The van der Waals surface area contributed by atoms with Gasteiger partial charge >= 0.3 is 5.97 Å². The molecule has 3 rings (SSSR count). The summed E-state index contributed by atoms with van der Waals surface area (Å²) in [4.78, 5) is 31.4. The summed E-state index contributed by atoms with van der Waals surface area (Å²) in [5.74, 6) is 0.00675. The molecular weight excluding hydrogens is 380 g/mol. The summed E-state index contributed by atoms with van der Waals surface area (Å²) in [5, 5.41) is 0.717. The normalized spacial score (nSPS) is 19.4. The van der Waals surface area contributed by atoms with E-state index in [9.17, 15) is 9.59 Å². The Hall–Kier alpha value is -2.45. The van der Waals surface area contributed by atoms with Gasteiger partial charge in [0, 0.05) is 18.7 Å². The molecule has 1 aliphatic heterocycles. The number of thiazole rings is 1. The first kappa shape index (κ1) is 20.3. The highest BCUT2D eigenvalue weighted by Crippen LogP contribution is 2.29. The zero-order valence-corrected chi connectivity index (χ0v) is 17.2. The lowest BCUT2D eigenvalue weighted by Gasteiger charge is -2.35. The fourth-order valence-electron chi connectivity index (χ4n) is 3.11. The number of esters is 1. The fraction of sp³-hybridized carbons (Fsp3) is 0.450. The second-order valence-corrected chi connectivity index (χ2v) is 7.79. The van der Waals surface area contributed by atoms with Crippen molar-refractivity contribution in [3.63, 3.8) is 0 Å². The number of ether oxygens (including phenoxy) is 3. The van der Waals surface area contributed by atoms with Gasteiger partial charge in [0.15, 0.2) is 6.61 Å². The van der Waals surface area contributed by atoms with Crippen molar-refractivity contribution in [1.82, 2.24) is 9.88 Å². The van der Waals surface area contributed by atoms with Crippen LogP contribution in [0.25, 0.3) is 10.6 Å². The van der Waals surface area contributed by atoms with E-state index in [0.29, 0.717) is 28.7 Å². The maximum Gasteiger partial charge on any atom is 0.350 e. The Morgan fingerprint density at radius 1 is 1.21 bits per heavy atom. The van der Waals surface area contributed by atoms with E-state index in [-0.39, 0.29) is 24.7 Å². The van der Waals surface area contributed by atoms with Gasteiger partial charge in [-0.1, -0.05) is 0 Å². The second-order valence-electron chi connectivity index (χ2n) is 6.79. The minimum absolute atomic E-state index is 0.0285. The van der Waals surface area contributed by atoms with Gasteiger partial charge in [0.05, 0.1) is 25.0 Å². The topological polar surface area (TPSA) is 78.0 Å². The number of hydrogen-bond acceptors (Lipinski definition) is 7. The Morgan fingerprint density at radius 3 is 2.46 bits per heavy atom. The number of methoxy groups -OCH3 is 1. The van der Waals surface area contributed by atoms with Crippen LogP contribution in [0.15, 0.2) is 24.3 Å². The molecule has 150 valence electrons. The minimum Gasteiger partial charge on any atom is -0.497 e. The molecule has 0 unspecified atom stereocenters. The standard InChI is InChI=1S/C20H24N2O5S/c1-12-9-22(10-13(2)27-12)17(23)11-26-20(24)18-14(3)21-19(28-18)15-5-7-16(25-4)8-6-15/h5-8,12-13H,9-11H2,1-4H3/t12-,13+. The Labute approximate surface area is 168 Å². The van der Waals surface area contributed by atoms with Crippen molar-refractivity contribution in [1.29, 1.82) is 0 Å². The molecule has 1 aliphatic rings. The molecule has 0 N–H and O–H groups in total. The van der Waals surface area contributed by atoms with Crippen LogP contribution in [0.2, 0.25) is 0 Å². The molecule has 28 heavy (non-hydrogen) atoms. The van der Waals surface area contributed by atoms with Crippen LogP contribution in [0.3, 0.4) is 0 Å². The molecule has 2 atom stereocenters. The van der Waals surface area contributed by atoms with E-state index < -0.39 is 5.97 Å². The zero-order valence-electron chi connectivity index (χ0n) is 16.4. The highest BCUT2D eigenvalue weighted by Gasteiger charge is 2.27. The van der Waals surface area contributed by atoms with E-state index in [4.69, 9.17) is 14.2 Å². The van der Waals surface area contributed by atoms with Crippen molar-refractivity contribution in [2.75, 3.05) is 26.8 Å². The first-order valence-corrected chi connectivity index (χ1v) is 9.91. The van der Waals surface area contributed by atoms with Crippen molar-refractivity contribution in [3.05, 3.63) is 34.8 Å². The van der Waals surface area contributed by atoms with E-state index in [2.05, 4.69) is 4.98 Å². The Bertz CT molecular complexity index is 839. The van der Waals surface area contributed by atoms with Crippen molar-refractivity contribution in [2.45, 2.75) is 33.0 Å². The molecule has 1 saturated heterocycles. The molecule has 0 spiro atoms. The van der Waals surface area contributed by atoms with Gasteiger partial charge < -0.3 is 19.1 Å². The monoisotopic (exact) mass is 404 g/mol. The predicted octanol–water partition coefficient (Wildman–Crippen LogP) is 2.92. The summed E-state index contributed by atoms with van der Waals surface area (Å²) in [6.45, 7) is 6.32. The van der Waals surface area contributed by atoms with Gasteiger partial charge in [-0.3, -0.25) is 4.79 Å². The molecule has 1 fully saturated rings. The van der Waals surface area contributed by atoms with E-state index in [1.54, 1.807) is 18.9 Å². The van der Waals surface area contributed by atoms with Gasteiger partial charge in [-0.05, 0) is 45.0 Å². The molecule has 0 aliphatic carbocycles. The third kappa shape index (κ3) is 4.69. The summed E-state index contributed by atoms with van der Waals surface area (Å²) >= 11 is 1.25. The zero-order chi connectivity index (χ0) is 20.3. The molecule has 8 heteroatoms. The smallest absolute Gasteiger partial charge is 0.350 e. The van der Waals surface area contributed by atoms with Crippen molar-refractivity contribution < 1.29 is 23.8 Å². The van der Waals surface area contributed by atoms with E-state index in [1.807, 2.05) is 38.1 Å². The van der Waals surface area contributed by atoms with Crippen LogP contribution in [0, 0.1) is 6.92 Å². The van der Waals surface area contributed by atoms with Crippen molar-refractivity contribution in [2.24, 2.45) is 0 Å². The Kier molecular flexibility index (Phi) is 6.31. The van der Waals surface area contributed by atoms with Crippen LogP contribution >= 0.6 is 11.3 Å². The van der Waals surface area contributed by atoms with Gasteiger partial charge in [-0.2, -0.15) is 0 Å². The number of rotatable bonds is 5. The number of nitrogens with zero attached hydrogens (tertiary/aromatic N) is 2. The number of carbonyl (C=O) groups is 2. The van der Waals surface area contributed by atoms with Crippen molar-refractivity contribution in [3.8, 4) is 16.3 Å². The van der Waals surface area contributed by atoms with Crippen LogP contribution in [0.4, 0.5) is 0 Å². The largest absolute Gasteiger partial charge is 0.497 e. The Balaban J connectivity index is 1.63. The number of benzene rings is 1. The second kappa shape index (κ2) is 8.70.